The largest absolute Gasteiger partial charge is 0.399 e. The van der Waals surface area contributed by atoms with Gasteiger partial charge in [0.2, 0.25) is 0 Å². The van der Waals surface area contributed by atoms with Gasteiger partial charge >= 0.3 is 0 Å². The molecule has 0 saturated heterocycles. The van der Waals surface area contributed by atoms with Gasteiger partial charge in [-0.25, -0.2) is 9.97 Å². The number of nitrogens with two attached hydrogens (primary N) is 1. The van der Waals surface area contributed by atoms with Crippen LogP contribution in [0.3, 0.4) is 0 Å². The van der Waals surface area contributed by atoms with Crippen molar-refractivity contribution in [2.24, 2.45) is 7.05 Å². The highest BCUT2D eigenvalue weighted by Gasteiger charge is 2.22. The second kappa shape index (κ2) is 6.18. The minimum atomic E-state index is -0.0671. The van der Waals surface area contributed by atoms with Crippen LogP contribution in [0.2, 0.25) is 0 Å². The van der Waals surface area contributed by atoms with E-state index in [1.807, 2.05) is 42.1 Å². The third kappa shape index (κ3) is 3.18. The Bertz CT molecular complexity index is 956. The topological polar surface area (TPSA) is 92.8 Å². The predicted molar refractivity (Wildman–Crippen MR) is 95.7 cm³/mol. The maximum absolute atomic E-state index is 12.6. The molecule has 1 aliphatic rings. The predicted octanol–water partition coefficient (Wildman–Crippen LogP) is 1.31. The molecule has 0 radical (unpaired) electrons. The summed E-state index contributed by atoms with van der Waals surface area (Å²) in [5.74, 6) is 0.599. The number of aromatic amines is 1. The summed E-state index contributed by atoms with van der Waals surface area (Å²) >= 11 is 0. The molecule has 1 aliphatic heterocycles. The second-order valence-corrected chi connectivity index (χ2v) is 6.45. The Morgan fingerprint density at radius 2 is 2.08 bits per heavy atom. The van der Waals surface area contributed by atoms with Crippen molar-refractivity contribution in [3.8, 4) is 11.4 Å². The van der Waals surface area contributed by atoms with Crippen LogP contribution in [0.15, 0.2) is 41.6 Å². The van der Waals surface area contributed by atoms with Crippen LogP contribution in [-0.2, 0) is 26.6 Å². The Morgan fingerprint density at radius 1 is 1.28 bits per heavy atom. The lowest BCUT2D eigenvalue weighted by atomic mass is 10.1. The molecular weight excluding hydrogens is 316 g/mol. The van der Waals surface area contributed by atoms with E-state index >= 15 is 0 Å². The van der Waals surface area contributed by atoms with Gasteiger partial charge in [0, 0.05) is 50.6 Å². The fourth-order valence-electron chi connectivity index (χ4n) is 3.17. The van der Waals surface area contributed by atoms with Gasteiger partial charge in [0.05, 0.1) is 23.3 Å². The van der Waals surface area contributed by atoms with Gasteiger partial charge in [0.25, 0.3) is 5.56 Å². The van der Waals surface area contributed by atoms with Crippen LogP contribution in [0.25, 0.3) is 11.4 Å². The number of nitrogens with one attached hydrogen (secondary N) is 1. The maximum Gasteiger partial charge on any atom is 0.255 e. The van der Waals surface area contributed by atoms with Crippen molar-refractivity contribution >= 4 is 5.69 Å². The van der Waals surface area contributed by atoms with Crippen molar-refractivity contribution in [1.82, 2.24) is 24.4 Å². The zero-order chi connectivity index (χ0) is 17.4. The molecule has 4 rings (SSSR count). The number of nitrogen functional groups attached to an aromatic ring is 1. The molecular formula is C18H20N6O. The van der Waals surface area contributed by atoms with E-state index < -0.39 is 0 Å². The third-order valence-electron chi connectivity index (χ3n) is 4.48. The molecule has 3 heterocycles. The first-order valence-corrected chi connectivity index (χ1v) is 8.25. The molecule has 0 saturated carbocycles. The summed E-state index contributed by atoms with van der Waals surface area (Å²) in [6, 6.07) is 7.36. The summed E-state index contributed by atoms with van der Waals surface area (Å²) in [5.41, 5.74) is 9.85. The molecule has 3 aromatic rings. The number of aryl methyl sites for hydroxylation is 1. The van der Waals surface area contributed by atoms with Crippen LogP contribution in [0.5, 0.6) is 0 Å². The number of anilines is 1. The highest BCUT2D eigenvalue weighted by atomic mass is 16.1. The van der Waals surface area contributed by atoms with Crippen LogP contribution in [0.1, 0.15) is 17.0 Å². The standard InChI is InChI=1S/C18H20N6O/c1-23-8-14(20-11-23)9-24-7-6-16-15(10-24)18(25)22-17(21-16)12-2-4-13(19)5-3-12/h2-5,8,11H,6-7,9-10,19H2,1H3,(H,21,22,25). The average molecular weight is 336 g/mol. The van der Waals surface area contributed by atoms with E-state index in [2.05, 4.69) is 19.9 Å². The third-order valence-corrected chi connectivity index (χ3v) is 4.48. The maximum atomic E-state index is 12.6. The Kier molecular flexibility index (Phi) is 3.85. The van der Waals surface area contributed by atoms with Crippen molar-refractivity contribution in [3.05, 3.63) is 64.1 Å². The van der Waals surface area contributed by atoms with Gasteiger partial charge in [-0.3, -0.25) is 9.69 Å². The zero-order valence-electron chi connectivity index (χ0n) is 14.1. The molecule has 0 amide bonds. The van der Waals surface area contributed by atoms with E-state index in [0.717, 1.165) is 42.0 Å². The summed E-state index contributed by atoms with van der Waals surface area (Å²) in [6.07, 6.45) is 4.55. The lowest BCUT2D eigenvalue weighted by Gasteiger charge is -2.27. The minimum Gasteiger partial charge on any atom is -0.399 e. The lowest BCUT2D eigenvalue weighted by molar-refractivity contribution is 0.239. The van der Waals surface area contributed by atoms with E-state index in [1.54, 1.807) is 6.33 Å². The first kappa shape index (κ1) is 15.6. The summed E-state index contributed by atoms with van der Waals surface area (Å²) in [4.78, 5) is 26.7. The number of hydrogen-bond acceptors (Lipinski definition) is 5. The van der Waals surface area contributed by atoms with Gasteiger partial charge in [-0.2, -0.15) is 0 Å². The number of aromatic nitrogens is 4. The fourth-order valence-corrected chi connectivity index (χ4v) is 3.17. The number of rotatable bonds is 3. The van der Waals surface area contributed by atoms with Gasteiger partial charge in [0.15, 0.2) is 0 Å². The lowest BCUT2D eigenvalue weighted by Crippen LogP contribution is -2.35. The van der Waals surface area contributed by atoms with Crippen LogP contribution in [-0.4, -0.2) is 31.0 Å². The molecule has 3 N–H and O–H groups in total. The van der Waals surface area contributed by atoms with Crippen LogP contribution in [0, 0.1) is 0 Å². The minimum absolute atomic E-state index is 0.0671. The molecule has 0 fully saturated rings. The number of imidazole rings is 1. The number of hydrogen-bond donors (Lipinski definition) is 2. The van der Waals surface area contributed by atoms with Gasteiger partial charge in [-0.1, -0.05) is 0 Å². The van der Waals surface area contributed by atoms with E-state index in [4.69, 9.17) is 5.73 Å². The molecule has 0 bridgehead atoms. The van der Waals surface area contributed by atoms with E-state index in [1.165, 1.54) is 0 Å². The van der Waals surface area contributed by atoms with Gasteiger partial charge in [-0.15, -0.1) is 0 Å². The Hall–Kier alpha value is -2.93. The molecule has 0 spiro atoms. The number of benzene rings is 1. The zero-order valence-corrected chi connectivity index (χ0v) is 14.1. The number of H-pyrrole nitrogens is 1. The monoisotopic (exact) mass is 336 g/mol. The average Bonchev–Trinajstić information content (AvgIpc) is 3.01. The van der Waals surface area contributed by atoms with Crippen molar-refractivity contribution in [3.63, 3.8) is 0 Å². The van der Waals surface area contributed by atoms with E-state index in [-0.39, 0.29) is 5.56 Å². The van der Waals surface area contributed by atoms with Gasteiger partial charge in [0.1, 0.15) is 5.82 Å². The Balaban J connectivity index is 1.59. The molecule has 1 aromatic carbocycles. The summed E-state index contributed by atoms with van der Waals surface area (Å²) in [6.45, 7) is 2.19. The number of nitrogens with zero attached hydrogens (tertiary/aromatic N) is 4. The highest BCUT2D eigenvalue weighted by Crippen LogP contribution is 2.20. The molecule has 7 heteroatoms. The van der Waals surface area contributed by atoms with Crippen molar-refractivity contribution in [2.45, 2.75) is 19.5 Å². The molecule has 128 valence electrons. The fraction of sp³-hybridized carbons (Fsp3) is 0.278. The van der Waals surface area contributed by atoms with Gasteiger partial charge in [-0.05, 0) is 24.3 Å². The van der Waals surface area contributed by atoms with Crippen molar-refractivity contribution < 1.29 is 0 Å². The smallest absolute Gasteiger partial charge is 0.255 e. The molecule has 2 aromatic heterocycles. The van der Waals surface area contributed by atoms with Crippen LogP contribution >= 0.6 is 0 Å². The molecule has 25 heavy (non-hydrogen) atoms. The molecule has 7 nitrogen and oxygen atoms in total. The summed E-state index contributed by atoms with van der Waals surface area (Å²) in [5, 5.41) is 0. The van der Waals surface area contributed by atoms with Crippen molar-refractivity contribution in [1.29, 1.82) is 0 Å². The second-order valence-electron chi connectivity index (χ2n) is 6.45. The first-order valence-electron chi connectivity index (χ1n) is 8.25. The van der Waals surface area contributed by atoms with Gasteiger partial charge < -0.3 is 15.3 Å². The Labute approximate surface area is 145 Å². The summed E-state index contributed by atoms with van der Waals surface area (Å²) < 4.78 is 1.93. The quantitative estimate of drug-likeness (QED) is 0.704. The first-order chi connectivity index (χ1) is 12.1. The number of fused-ring (bicyclic) bond motifs is 1. The van der Waals surface area contributed by atoms with E-state index in [0.29, 0.717) is 18.1 Å². The normalized spacial score (nSPS) is 14.4. The molecule has 0 atom stereocenters. The van der Waals surface area contributed by atoms with E-state index in [9.17, 15) is 4.79 Å². The molecule has 0 aliphatic carbocycles. The van der Waals surface area contributed by atoms with Crippen LogP contribution in [0.4, 0.5) is 5.69 Å². The Morgan fingerprint density at radius 3 is 2.80 bits per heavy atom. The highest BCUT2D eigenvalue weighted by molar-refractivity contribution is 5.58. The van der Waals surface area contributed by atoms with Crippen molar-refractivity contribution in [2.75, 3.05) is 12.3 Å². The van der Waals surface area contributed by atoms with Crippen LogP contribution < -0.4 is 11.3 Å². The molecule has 0 unspecified atom stereocenters. The SMILES string of the molecule is Cn1cnc(CN2CCc3nc(-c4ccc(N)cc4)[nH]c(=O)c3C2)c1. The summed E-state index contributed by atoms with van der Waals surface area (Å²) in [7, 11) is 1.95.